The van der Waals surface area contributed by atoms with Crippen LogP contribution in [0.4, 0.5) is 5.69 Å². The summed E-state index contributed by atoms with van der Waals surface area (Å²) in [7, 11) is 2.12. The van der Waals surface area contributed by atoms with Gasteiger partial charge in [0.2, 0.25) is 0 Å². The molecular formula is C14H21ClN2O. The number of anilines is 1. The molecule has 1 atom stereocenters. The molecule has 2 rings (SSSR count). The van der Waals surface area contributed by atoms with Crippen molar-refractivity contribution in [2.45, 2.75) is 19.4 Å². The van der Waals surface area contributed by atoms with E-state index in [-0.39, 0.29) is 0 Å². The van der Waals surface area contributed by atoms with Gasteiger partial charge in [-0.3, -0.25) is 0 Å². The fraction of sp³-hybridized carbons (Fsp3) is 0.571. The highest BCUT2D eigenvalue weighted by Crippen LogP contribution is 2.20. The molecule has 1 fully saturated rings. The zero-order chi connectivity index (χ0) is 13.0. The number of hydrogen-bond acceptors (Lipinski definition) is 3. The molecule has 1 aliphatic heterocycles. The fourth-order valence-corrected chi connectivity index (χ4v) is 2.65. The van der Waals surface area contributed by atoms with E-state index < -0.39 is 0 Å². The molecule has 2 N–H and O–H groups in total. The van der Waals surface area contributed by atoms with Gasteiger partial charge in [0.1, 0.15) is 0 Å². The quantitative estimate of drug-likeness (QED) is 0.854. The summed E-state index contributed by atoms with van der Waals surface area (Å²) in [5.74, 6) is 0.643. The average molecular weight is 269 g/mol. The van der Waals surface area contributed by atoms with Gasteiger partial charge in [0, 0.05) is 30.4 Å². The van der Waals surface area contributed by atoms with E-state index in [0.29, 0.717) is 5.92 Å². The summed E-state index contributed by atoms with van der Waals surface area (Å²) in [6.45, 7) is 3.69. The van der Waals surface area contributed by atoms with E-state index in [1.165, 1.54) is 12.8 Å². The van der Waals surface area contributed by atoms with E-state index in [9.17, 15) is 0 Å². The second-order valence-corrected chi connectivity index (χ2v) is 5.56. The van der Waals surface area contributed by atoms with Gasteiger partial charge in [-0.1, -0.05) is 11.6 Å². The summed E-state index contributed by atoms with van der Waals surface area (Å²) in [6.07, 6.45) is 2.44. The van der Waals surface area contributed by atoms with Gasteiger partial charge in [0.05, 0.1) is 6.61 Å². The number of benzene rings is 1. The number of nitrogen functional groups attached to an aromatic ring is 1. The van der Waals surface area contributed by atoms with E-state index in [1.807, 2.05) is 18.2 Å². The molecule has 18 heavy (non-hydrogen) atoms. The second-order valence-electron chi connectivity index (χ2n) is 5.12. The maximum atomic E-state index is 6.00. The number of ether oxygens (including phenoxy) is 1. The van der Waals surface area contributed by atoms with Crippen LogP contribution >= 0.6 is 11.6 Å². The molecule has 0 amide bonds. The minimum atomic E-state index is 0.643. The molecule has 0 bridgehead atoms. The van der Waals surface area contributed by atoms with Crippen LogP contribution in [0.1, 0.15) is 18.4 Å². The fourth-order valence-electron chi connectivity index (χ4n) is 2.46. The topological polar surface area (TPSA) is 38.5 Å². The first-order valence-electron chi connectivity index (χ1n) is 6.45. The molecule has 1 unspecified atom stereocenters. The van der Waals surface area contributed by atoms with Crippen LogP contribution in [0.3, 0.4) is 0 Å². The van der Waals surface area contributed by atoms with Crippen molar-refractivity contribution in [3.05, 3.63) is 28.8 Å². The Labute approximate surface area is 114 Å². The van der Waals surface area contributed by atoms with Gasteiger partial charge in [-0.2, -0.15) is 0 Å². The summed E-state index contributed by atoms with van der Waals surface area (Å²) in [5.41, 5.74) is 7.87. The Morgan fingerprint density at radius 1 is 1.50 bits per heavy atom. The maximum Gasteiger partial charge on any atom is 0.0506 e. The number of rotatable bonds is 4. The standard InChI is InChI=1S/C14H21ClN2O/c1-17(8-11-3-2-6-18-10-11)9-12-7-13(15)4-5-14(12)16/h4-5,7,11H,2-3,6,8-10,16H2,1H3. The van der Waals surface area contributed by atoms with E-state index in [0.717, 1.165) is 42.6 Å². The van der Waals surface area contributed by atoms with Gasteiger partial charge in [0.25, 0.3) is 0 Å². The number of hydrogen-bond donors (Lipinski definition) is 1. The van der Waals surface area contributed by atoms with Crippen LogP contribution in [0.5, 0.6) is 0 Å². The number of nitrogens with zero attached hydrogens (tertiary/aromatic N) is 1. The molecule has 0 aliphatic carbocycles. The molecule has 1 saturated heterocycles. The highest BCUT2D eigenvalue weighted by atomic mass is 35.5. The third-order valence-electron chi connectivity index (χ3n) is 3.37. The molecular weight excluding hydrogens is 248 g/mol. The van der Waals surface area contributed by atoms with Crippen LogP contribution in [-0.4, -0.2) is 31.7 Å². The molecule has 0 spiro atoms. The first-order valence-corrected chi connectivity index (χ1v) is 6.83. The first kappa shape index (κ1) is 13.7. The molecule has 0 radical (unpaired) electrons. The Balaban J connectivity index is 1.89. The lowest BCUT2D eigenvalue weighted by Gasteiger charge is -2.27. The first-order chi connectivity index (χ1) is 8.65. The average Bonchev–Trinajstić information content (AvgIpc) is 2.35. The predicted molar refractivity (Wildman–Crippen MR) is 75.7 cm³/mol. The largest absolute Gasteiger partial charge is 0.398 e. The lowest BCUT2D eigenvalue weighted by atomic mass is 10.0. The van der Waals surface area contributed by atoms with Crippen LogP contribution in [-0.2, 0) is 11.3 Å². The summed E-state index contributed by atoms with van der Waals surface area (Å²) in [6, 6.07) is 5.65. The molecule has 0 saturated carbocycles. The van der Waals surface area contributed by atoms with Crippen molar-refractivity contribution >= 4 is 17.3 Å². The Morgan fingerprint density at radius 2 is 2.33 bits per heavy atom. The Morgan fingerprint density at radius 3 is 3.06 bits per heavy atom. The van der Waals surface area contributed by atoms with Crippen molar-refractivity contribution in [3.8, 4) is 0 Å². The minimum Gasteiger partial charge on any atom is -0.398 e. The summed E-state index contributed by atoms with van der Waals surface area (Å²) in [5, 5.41) is 0.744. The van der Waals surface area contributed by atoms with Crippen molar-refractivity contribution < 1.29 is 4.74 Å². The zero-order valence-corrected chi connectivity index (χ0v) is 11.6. The Bertz CT molecular complexity index is 391. The van der Waals surface area contributed by atoms with Gasteiger partial charge >= 0.3 is 0 Å². The highest BCUT2D eigenvalue weighted by molar-refractivity contribution is 6.30. The third-order valence-corrected chi connectivity index (χ3v) is 3.60. The number of nitrogens with two attached hydrogens (primary N) is 1. The van der Waals surface area contributed by atoms with Gasteiger partial charge < -0.3 is 15.4 Å². The molecule has 1 heterocycles. The summed E-state index contributed by atoms with van der Waals surface area (Å²) >= 11 is 6.00. The zero-order valence-electron chi connectivity index (χ0n) is 10.9. The number of halogens is 1. The molecule has 1 aliphatic rings. The van der Waals surface area contributed by atoms with Crippen LogP contribution in [0, 0.1) is 5.92 Å². The monoisotopic (exact) mass is 268 g/mol. The Kier molecular flexibility index (Phi) is 4.87. The molecule has 3 nitrogen and oxygen atoms in total. The van der Waals surface area contributed by atoms with Crippen molar-refractivity contribution in [1.29, 1.82) is 0 Å². The van der Waals surface area contributed by atoms with Crippen molar-refractivity contribution in [2.24, 2.45) is 5.92 Å². The van der Waals surface area contributed by atoms with E-state index in [2.05, 4.69) is 11.9 Å². The molecule has 4 heteroatoms. The van der Waals surface area contributed by atoms with Gasteiger partial charge in [-0.25, -0.2) is 0 Å². The molecule has 1 aromatic carbocycles. The second kappa shape index (κ2) is 6.41. The van der Waals surface area contributed by atoms with Crippen LogP contribution in [0.25, 0.3) is 0 Å². The smallest absolute Gasteiger partial charge is 0.0506 e. The van der Waals surface area contributed by atoms with Gasteiger partial charge in [-0.05, 0) is 49.6 Å². The molecule has 1 aromatic rings. The Hall–Kier alpha value is -0.770. The normalized spacial score (nSPS) is 20.3. The summed E-state index contributed by atoms with van der Waals surface area (Å²) in [4.78, 5) is 2.29. The highest BCUT2D eigenvalue weighted by Gasteiger charge is 2.16. The van der Waals surface area contributed by atoms with E-state index in [1.54, 1.807) is 0 Å². The lowest BCUT2D eigenvalue weighted by Crippen LogP contribution is -2.30. The van der Waals surface area contributed by atoms with Crippen molar-refractivity contribution in [2.75, 3.05) is 32.5 Å². The molecule has 100 valence electrons. The van der Waals surface area contributed by atoms with Crippen molar-refractivity contribution in [1.82, 2.24) is 4.90 Å². The van der Waals surface area contributed by atoms with Crippen LogP contribution < -0.4 is 5.73 Å². The van der Waals surface area contributed by atoms with Crippen molar-refractivity contribution in [3.63, 3.8) is 0 Å². The molecule has 0 aromatic heterocycles. The van der Waals surface area contributed by atoms with Gasteiger partial charge in [0.15, 0.2) is 0 Å². The van der Waals surface area contributed by atoms with E-state index in [4.69, 9.17) is 22.1 Å². The van der Waals surface area contributed by atoms with Crippen LogP contribution in [0.15, 0.2) is 18.2 Å². The predicted octanol–water partition coefficient (Wildman–Crippen LogP) is 2.78. The van der Waals surface area contributed by atoms with Gasteiger partial charge in [-0.15, -0.1) is 0 Å². The third kappa shape index (κ3) is 3.87. The lowest BCUT2D eigenvalue weighted by molar-refractivity contribution is 0.0412. The minimum absolute atomic E-state index is 0.643. The SMILES string of the molecule is CN(Cc1cc(Cl)ccc1N)CC1CCCOC1. The van der Waals surface area contributed by atoms with E-state index >= 15 is 0 Å². The van der Waals surface area contributed by atoms with Crippen LogP contribution in [0.2, 0.25) is 5.02 Å². The maximum absolute atomic E-state index is 6.00. The summed E-state index contributed by atoms with van der Waals surface area (Å²) < 4.78 is 5.50.